The Labute approximate surface area is 116 Å². The summed E-state index contributed by atoms with van der Waals surface area (Å²) in [7, 11) is 0. The van der Waals surface area contributed by atoms with Gasteiger partial charge in [0.15, 0.2) is 10.1 Å². The first-order valence-electron chi connectivity index (χ1n) is 4.85. The molecule has 1 heterocycles. The van der Waals surface area contributed by atoms with Crippen LogP contribution in [0.5, 0.6) is 0 Å². The molecule has 2 aromatic rings. The van der Waals surface area contributed by atoms with Gasteiger partial charge in [0.1, 0.15) is 5.82 Å². The van der Waals surface area contributed by atoms with Gasteiger partial charge in [0.2, 0.25) is 0 Å². The number of aryl methyl sites for hydroxylation is 1. The summed E-state index contributed by atoms with van der Waals surface area (Å²) in [6.07, 6.45) is 0. The molecular formula is C11H9BrN2OS2. The van der Waals surface area contributed by atoms with Gasteiger partial charge < -0.3 is 0 Å². The molecule has 0 aliphatic heterocycles. The third kappa shape index (κ3) is 3.14. The summed E-state index contributed by atoms with van der Waals surface area (Å²) >= 11 is 6.19. The molecule has 0 radical (unpaired) electrons. The largest absolute Gasteiger partial charge is 0.294 e. The normalized spacial score (nSPS) is 10.5. The van der Waals surface area contributed by atoms with E-state index in [0.29, 0.717) is 5.56 Å². The van der Waals surface area contributed by atoms with Gasteiger partial charge in [-0.15, -0.1) is 0 Å². The standard InChI is InChI=1S/C11H9BrN2OS2/c1-6(15)9-5-8(12)3-4-10(9)16-11-13-7(2)14-17-11/h3-5H,1-2H3. The number of hydrogen-bond acceptors (Lipinski definition) is 5. The third-order valence-electron chi connectivity index (χ3n) is 2.03. The quantitative estimate of drug-likeness (QED) is 0.800. The minimum atomic E-state index is 0.0510. The molecule has 0 N–H and O–H groups in total. The predicted octanol–water partition coefficient (Wildman–Crippen LogP) is 3.96. The zero-order valence-electron chi connectivity index (χ0n) is 9.23. The van der Waals surface area contributed by atoms with Crippen LogP contribution in [-0.2, 0) is 0 Å². The molecular weight excluding hydrogens is 320 g/mol. The Balaban J connectivity index is 2.35. The Morgan fingerprint density at radius 3 is 2.82 bits per heavy atom. The second-order valence-electron chi connectivity index (χ2n) is 3.41. The fraction of sp³-hybridized carbons (Fsp3) is 0.182. The number of halogens is 1. The molecule has 88 valence electrons. The molecule has 0 spiro atoms. The van der Waals surface area contributed by atoms with Crippen molar-refractivity contribution in [3.05, 3.63) is 34.1 Å². The summed E-state index contributed by atoms with van der Waals surface area (Å²) in [5.74, 6) is 0.814. The average molecular weight is 329 g/mol. The number of aromatic nitrogens is 2. The van der Waals surface area contributed by atoms with Crippen LogP contribution < -0.4 is 0 Å². The Bertz CT molecular complexity index is 568. The highest BCUT2D eigenvalue weighted by Gasteiger charge is 2.11. The van der Waals surface area contributed by atoms with E-state index in [1.807, 2.05) is 25.1 Å². The minimum absolute atomic E-state index is 0.0510. The van der Waals surface area contributed by atoms with Crippen LogP contribution >= 0.6 is 39.2 Å². The molecule has 2 rings (SSSR count). The molecule has 0 saturated heterocycles. The van der Waals surface area contributed by atoms with E-state index in [1.54, 1.807) is 6.92 Å². The van der Waals surface area contributed by atoms with Crippen LogP contribution in [-0.4, -0.2) is 15.1 Å². The monoisotopic (exact) mass is 328 g/mol. The van der Waals surface area contributed by atoms with Gasteiger partial charge >= 0.3 is 0 Å². The maximum absolute atomic E-state index is 11.5. The Morgan fingerprint density at radius 1 is 1.47 bits per heavy atom. The van der Waals surface area contributed by atoms with E-state index in [-0.39, 0.29) is 5.78 Å². The fourth-order valence-electron chi connectivity index (χ4n) is 1.28. The molecule has 0 amide bonds. The number of nitrogens with zero attached hydrogens (tertiary/aromatic N) is 2. The van der Waals surface area contributed by atoms with Gasteiger partial charge in [-0.25, -0.2) is 4.98 Å². The molecule has 0 saturated carbocycles. The van der Waals surface area contributed by atoms with E-state index < -0.39 is 0 Å². The zero-order valence-corrected chi connectivity index (χ0v) is 12.4. The number of benzene rings is 1. The van der Waals surface area contributed by atoms with Crippen LogP contribution in [0.25, 0.3) is 0 Å². The van der Waals surface area contributed by atoms with Crippen LogP contribution in [0.4, 0.5) is 0 Å². The van der Waals surface area contributed by atoms with Crippen molar-refractivity contribution in [2.45, 2.75) is 23.1 Å². The Morgan fingerprint density at radius 2 is 2.24 bits per heavy atom. The SMILES string of the molecule is CC(=O)c1cc(Br)ccc1Sc1nc(C)ns1. The number of carbonyl (C=O) groups is 1. The van der Waals surface area contributed by atoms with Crippen molar-refractivity contribution in [1.29, 1.82) is 0 Å². The minimum Gasteiger partial charge on any atom is -0.294 e. The number of Topliss-reactive ketones (excluding diaryl/α,β-unsaturated/α-hetero) is 1. The van der Waals surface area contributed by atoms with Gasteiger partial charge in [-0.05, 0) is 43.6 Å². The molecule has 1 aromatic heterocycles. The molecule has 0 aliphatic carbocycles. The molecule has 6 heteroatoms. The molecule has 0 atom stereocenters. The van der Waals surface area contributed by atoms with E-state index in [4.69, 9.17) is 0 Å². The number of ketones is 1. The molecule has 17 heavy (non-hydrogen) atoms. The topological polar surface area (TPSA) is 42.9 Å². The number of rotatable bonds is 3. The van der Waals surface area contributed by atoms with Crippen LogP contribution in [0.1, 0.15) is 23.1 Å². The summed E-state index contributed by atoms with van der Waals surface area (Å²) in [5.41, 5.74) is 0.706. The van der Waals surface area contributed by atoms with Gasteiger partial charge in [-0.2, -0.15) is 4.37 Å². The second-order valence-corrected chi connectivity index (χ2v) is 6.36. The van der Waals surface area contributed by atoms with E-state index in [9.17, 15) is 4.79 Å². The first kappa shape index (κ1) is 12.7. The number of carbonyl (C=O) groups excluding carboxylic acids is 1. The lowest BCUT2D eigenvalue weighted by Crippen LogP contribution is -1.94. The molecule has 3 nitrogen and oxygen atoms in total. The van der Waals surface area contributed by atoms with Crippen molar-refractivity contribution in [2.75, 3.05) is 0 Å². The predicted molar refractivity (Wildman–Crippen MR) is 72.9 cm³/mol. The highest BCUT2D eigenvalue weighted by atomic mass is 79.9. The molecule has 0 unspecified atom stereocenters. The maximum atomic E-state index is 11.5. The van der Waals surface area contributed by atoms with E-state index >= 15 is 0 Å². The lowest BCUT2D eigenvalue weighted by molar-refractivity contribution is 0.101. The summed E-state index contributed by atoms with van der Waals surface area (Å²) in [4.78, 5) is 16.7. The zero-order chi connectivity index (χ0) is 12.4. The van der Waals surface area contributed by atoms with Crippen molar-refractivity contribution in [1.82, 2.24) is 9.36 Å². The summed E-state index contributed by atoms with van der Waals surface area (Å²) in [6, 6.07) is 5.67. The smallest absolute Gasteiger partial charge is 0.174 e. The van der Waals surface area contributed by atoms with Crippen LogP contribution in [0.15, 0.2) is 31.9 Å². The van der Waals surface area contributed by atoms with Crippen LogP contribution in [0, 0.1) is 6.92 Å². The molecule has 0 aliphatic rings. The van der Waals surface area contributed by atoms with Gasteiger partial charge in [-0.1, -0.05) is 27.7 Å². The van der Waals surface area contributed by atoms with Crippen molar-refractivity contribution >= 4 is 45.0 Å². The van der Waals surface area contributed by atoms with Gasteiger partial charge in [-0.3, -0.25) is 4.79 Å². The van der Waals surface area contributed by atoms with Crippen LogP contribution in [0.3, 0.4) is 0 Å². The summed E-state index contributed by atoms with van der Waals surface area (Å²) in [5, 5.41) is 0. The highest BCUT2D eigenvalue weighted by Crippen LogP contribution is 2.33. The lowest BCUT2D eigenvalue weighted by atomic mass is 10.1. The first-order chi connectivity index (χ1) is 8.06. The summed E-state index contributed by atoms with van der Waals surface area (Å²) < 4.78 is 5.88. The van der Waals surface area contributed by atoms with Gasteiger partial charge in [0.25, 0.3) is 0 Å². The third-order valence-corrected chi connectivity index (χ3v) is 4.44. The number of hydrogen-bond donors (Lipinski definition) is 0. The van der Waals surface area contributed by atoms with E-state index in [2.05, 4.69) is 25.3 Å². The lowest BCUT2D eigenvalue weighted by Gasteiger charge is -2.04. The molecule has 0 fully saturated rings. The van der Waals surface area contributed by atoms with E-state index in [0.717, 1.165) is 19.5 Å². The van der Waals surface area contributed by atoms with Crippen molar-refractivity contribution < 1.29 is 4.79 Å². The van der Waals surface area contributed by atoms with Crippen LogP contribution in [0.2, 0.25) is 0 Å². The van der Waals surface area contributed by atoms with E-state index in [1.165, 1.54) is 23.3 Å². The average Bonchev–Trinajstić information content (AvgIpc) is 2.66. The second kappa shape index (κ2) is 5.29. The summed E-state index contributed by atoms with van der Waals surface area (Å²) in [6.45, 7) is 3.42. The van der Waals surface area contributed by atoms with Crippen molar-refractivity contribution in [2.24, 2.45) is 0 Å². The van der Waals surface area contributed by atoms with Gasteiger partial charge in [0, 0.05) is 14.9 Å². The first-order valence-corrected chi connectivity index (χ1v) is 7.23. The van der Waals surface area contributed by atoms with Crippen molar-refractivity contribution in [3.8, 4) is 0 Å². The molecule has 0 bridgehead atoms. The molecule has 1 aromatic carbocycles. The Hall–Kier alpha value is -0.720. The van der Waals surface area contributed by atoms with Crippen molar-refractivity contribution in [3.63, 3.8) is 0 Å². The fourth-order valence-corrected chi connectivity index (χ4v) is 3.41. The Kier molecular flexibility index (Phi) is 3.96. The maximum Gasteiger partial charge on any atom is 0.174 e. The van der Waals surface area contributed by atoms with Gasteiger partial charge in [0.05, 0.1) is 0 Å². The highest BCUT2D eigenvalue weighted by molar-refractivity contribution is 9.10.